The van der Waals surface area contributed by atoms with E-state index in [1.165, 1.54) is 18.4 Å². The fourth-order valence-electron chi connectivity index (χ4n) is 2.98. The molecule has 0 bridgehead atoms. The third kappa shape index (κ3) is 4.13. The van der Waals surface area contributed by atoms with Gasteiger partial charge in [-0.15, -0.1) is 0 Å². The fourth-order valence-corrected chi connectivity index (χ4v) is 2.98. The molecule has 120 valence electrons. The van der Waals surface area contributed by atoms with Gasteiger partial charge in [0.2, 0.25) is 5.91 Å². The van der Waals surface area contributed by atoms with Crippen molar-refractivity contribution in [1.82, 2.24) is 4.90 Å². The van der Waals surface area contributed by atoms with Crippen molar-refractivity contribution in [1.29, 1.82) is 0 Å². The molecule has 0 aromatic heterocycles. The lowest BCUT2D eigenvalue weighted by molar-refractivity contribution is -0.133. The van der Waals surface area contributed by atoms with Crippen LogP contribution in [0.2, 0.25) is 0 Å². The van der Waals surface area contributed by atoms with Gasteiger partial charge in [0.25, 0.3) is 0 Å². The highest BCUT2D eigenvalue weighted by atomic mass is 16.2. The fraction of sp³-hybridized carbons (Fsp3) is 0.350. The molecule has 0 saturated heterocycles. The first-order chi connectivity index (χ1) is 11.1. The summed E-state index contributed by atoms with van der Waals surface area (Å²) in [6.45, 7) is 2.87. The lowest BCUT2D eigenvalue weighted by Crippen LogP contribution is -2.40. The van der Waals surface area contributed by atoms with Crippen molar-refractivity contribution in [2.45, 2.75) is 38.8 Å². The number of anilines is 1. The maximum atomic E-state index is 12.9. The van der Waals surface area contributed by atoms with Crippen LogP contribution in [0.5, 0.6) is 0 Å². The van der Waals surface area contributed by atoms with Crippen LogP contribution in [0.1, 0.15) is 30.9 Å². The molecule has 1 fully saturated rings. The molecule has 1 unspecified atom stereocenters. The number of amides is 1. The Morgan fingerprint density at radius 1 is 1.09 bits per heavy atom. The van der Waals surface area contributed by atoms with Crippen molar-refractivity contribution in [3.8, 4) is 0 Å². The SMILES string of the molecule is CC(C1CC1)N(Cc1ccccc1)C(=O)Cc1ccc(N)cc1. The second kappa shape index (κ2) is 6.86. The summed E-state index contributed by atoms with van der Waals surface area (Å²) < 4.78 is 0. The van der Waals surface area contributed by atoms with Crippen molar-refractivity contribution in [3.05, 3.63) is 65.7 Å². The number of hydrogen-bond acceptors (Lipinski definition) is 2. The number of carbonyl (C=O) groups is 1. The molecule has 1 atom stereocenters. The van der Waals surface area contributed by atoms with E-state index < -0.39 is 0 Å². The summed E-state index contributed by atoms with van der Waals surface area (Å²) in [6.07, 6.45) is 2.91. The van der Waals surface area contributed by atoms with Crippen LogP contribution >= 0.6 is 0 Å². The van der Waals surface area contributed by atoms with Gasteiger partial charge in [-0.2, -0.15) is 0 Å². The number of nitrogens with zero attached hydrogens (tertiary/aromatic N) is 1. The first-order valence-electron chi connectivity index (χ1n) is 8.31. The summed E-state index contributed by atoms with van der Waals surface area (Å²) >= 11 is 0. The number of hydrogen-bond donors (Lipinski definition) is 1. The zero-order valence-corrected chi connectivity index (χ0v) is 13.6. The van der Waals surface area contributed by atoms with Crippen molar-refractivity contribution in [2.24, 2.45) is 5.92 Å². The van der Waals surface area contributed by atoms with E-state index in [2.05, 4.69) is 19.1 Å². The Morgan fingerprint density at radius 3 is 2.35 bits per heavy atom. The summed E-state index contributed by atoms with van der Waals surface area (Å²) in [7, 11) is 0. The van der Waals surface area contributed by atoms with Crippen LogP contribution in [0.3, 0.4) is 0 Å². The standard InChI is InChI=1S/C20H24N2O/c1-15(18-9-10-18)22(14-17-5-3-2-4-6-17)20(23)13-16-7-11-19(21)12-8-16/h2-8,11-12,15,18H,9-10,13-14,21H2,1H3. The molecule has 3 rings (SSSR count). The molecule has 1 aliphatic rings. The Hall–Kier alpha value is -2.29. The summed E-state index contributed by atoms with van der Waals surface area (Å²) in [5.74, 6) is 0.854. The van der Waals surface area contributed by atoms with Crippen LogP contribution in [0.15, 0.2) is 54.6 Å². The van der Waals surface area contributed by atoms with Gasteiger partial charge in [-0.05, 0) is 48.9 Å². The molecule has 1 saturated carbocycles. The van der Waals surface area contributed by atoms with E-state index in [0.29, 0.717) is 24.9 Å². The van der Waals surface area contributed by atoms with Crippen LogP contribution in [0, 0.1) is 5.92 Å². The van der Waals surface area contributed by atoms with Gasteiger partial charge in [-0.25, -0.2) is 0 Å². The third-order valence-corrected chi connectivity index (χ3v) is 4.65. The monoisotopic (exact) mass is 308 g/mol. The summed E-state index contributed by atoms with van der Waals surface area (Å²) in [6, 6.07) is 18.1. The minimum absolute atomic E-state index is 0.193. The topological polar surface area (TPSA) is 46.3 Å². The first kappa shape index (κ1) is 15.6. The molecule has 0 heterocycles. The molecule has 3 nitrogen and oxygen atoms in total. The predicted molar refractivity (Wildman–Crippen MR) is 93.7 cm³/mol. The zero-order valence-electron chi connectivity index (χ0n) is 13.6. The number of nitrogens with two attached hydrogens (primary N) is 1. The van der Waals surface area contributed by atoms with Gasteiger partial charge >= 0.3 is 0 Å². The van der Waals surface area contributed by atoms with Gasteiger partial charge in [-0.1, -0.05) is 42.5 Å². The van der Waals surface area contributed by atoms with Crippen LogP contribution in [0.25, 0.3) is 0 Å². The van der Waals surface area contributed by atoms with Crippen molar-refractivity contribution >= 4 is 11.6 Å². The second-order valence-corrected chi connectivity index (χ2v) is 6.50. The summed E-state index contributed by atoms with van der Waals surface area (Å²) in [5, 5.41) is 0. The number of carbonyl (C=O) groups excluding carboxylic acids is 1. The van der Waals surface area contributed by atoms with Gasteiger partial charge in [0.15, 0.2) is 0 Å². The van der Waals surface area contributed by atoms with Crippen molar-refractivity contribution in [3.63, 3.8) is 0 Å². The van der Waals surface area contributed by atoms with Crippen molar-refractivity contribution < 1.29 is 4.79 Å². The Bertz CT molecular complexity index is 647. The molecule has 2 aromatic rings. The van der Waals surface area contributed by atoms with Gasteiger partial charge in [0, 0.05) is 18.3 Å². The minimum Gasteiger partial charge on any atom is -0.399 e. The molecule has 3 heteroatoms. The van der Waals surface area contributed by atoms with Gasteiger partial charge in [0.05, 0.1) is 6.42 Å². The molecule has 2 N–H and O–H groups in total. The maximum absolute atomic E-state index is 12.9. The highest BCUT2D eigenvalue weighted by molar-refractivity contribution is 5.79. The number of benzene rings is 2. The average molecular weight is 308 g/mol. The van der Waals surface area contributed by atoms with E-state index in [0.717, 1.165) is 11.3 Å². The van der Waals surface area contributed by atoms with E-state index in [1.807, 2.05) is 47.4 Å². The summed E-state index contributed by atoms with van der Waals surface area (Å²) in [4.78, 5) is 14.9. The van der Waals surface area contributed by atoms with Crippen LogP contribution in [-0.2, 0) is 17.8 Å². The largest absolute Gasteiger partial charge is 0.399 e. The molecule has 0 spiro atoms. The highest BCUT2D eigenvalue weighted by Gasteiger charge is 2.34. The molecule has 1 amide bonds. The quantitative estimate of drug-likeness (QED) is 0.828. The number of rotatable bonds is 6. The number of nitrogen functional groups attached to an aromatic ring is 1. The minimum atomic E-state index is 0.193. The third-order valence-electron chi connectivity index (χ3n) is 4.65. The Kier molecular flexibility index (Phi) is 4.65. The van der Waals surface area contributed by atoms with E-state index in [9.17, 15) is 4.79 Å². The first-order valence-corrected chi connectivity index (χ1v) is 8.31. The molecule has 23 heavy (non-hydrogen) atoms. The molecule has 2 aromatic carbocycles. The average Bonchev–Trinajstić information content (AvgIpc) is 3.40. The lowest BCUT2D eigenvalue weighted by Gasteiger charge is -2.30. The molecular formula is C20H24N2O. The van der Waals surface area contributed by atoms with Crippen LogP contribution < -0.4 is 5.73 Å². The van der Waals surface area contributed by atoms with Crippen molar-refractivity contribution in [2.75, 3.05) is 5.73 Å². The molecule has 1 aliphatic carbocycles. The predicted octanol–water partition coefficient (Wildman–Crippen LogP) is 3.64. The van der Waals surface area contributed by atoms with E-state index in [1.54, 1.807) is 0 Å². The second-order valence-electron chi connectivity index (χ2n) is 6.50. The summed E-state index contributed by atoms with van der Waals surface area (Å²) in [5.41, 5.74) is 8.66. The van der Waals surface area contributed by atoms with Gasteiger partial charge < -0.3 is 10.6 Å². The lowest BCUT2D eigenvalue weighted by atomic mass is 10.1. The highest BCUT2D eigenvalue weighted by Crippen LogP contribution is 2.36. The maximum Gasteiger partial charge on any atom is 0.227 e. The molecule has 0 radical (unpaired) electrons. The Morgan fingerprint density at radius 2 is 1.74 bits per heavy atom. The normalized spacial score (nSPS) is 15.2. The van der Waals surface area contributed by atoms with Gasteiger partial charge in [0.1, 0.15) is 0 Å². The smallest absolute Gasteiger partial charge is 0.227 e. The van der Waals surface area contributed by atoms with E-state index in [-0.39, 0.29) is 5.91 Å². The van der Waals surface area contributed by atoms with Crippen LogP contribution in [-0.4, -0.2) is 16.8 Å². The molecule has 0 aliphatic heterocycles. The van der Waals surface area contributed by atoms with E-state index >= 15 is 0 Å². The molecular weight excluding hydrogens is 284 g/mol. The Labute approximate surface area is 138 Å². The van der Waals surface area contributed by atoms with Crippen LogP contribution in [0.4, 0.5) is 5.69 Å². The van der Waals surface area contributed by atoms with E-state index in [4.69, 9.17) is 5.73 Å². The Balaban J connectivity index is 1.73. The van der Waals surface area contributed by atoms with Gasteiger partial charge in [-0.3, -0.25) is 4.79 Å². The zero-order chi connectivity index (χ0) is 16.2.